The van der Waals surface area contributed by atoms with Gasteiger partial charge in [0.15, 0.2) is 0 Å². The van der Waals surface area contributed by atoms with E-state index in [1.807, 2.05) is 6.92 Å². The maximum absolute atomic E-state index is 12.8. The molecule has 0 radical (unpaired) electrons. The van der Waals surface area contributed by atoms with E-state index < -0.39 is 39.3 Å². The van der Waals surface area contributed by atoms with Crippen LogP contribution < -0.4 is 0 Å². The van der Waals surface area contributed by atoms with Gasteiger partial charge in [0.2, 0.25) is 0 Å². The number of hydrogen-bond acceptors (Lipinski definition) is 6. The quantitative estimate of drug-likeness (QED) is 0.385. The smallest absolute Gasteiger partial charge is 0.312 e. The molecule has 0 bridgehead atoms. The van der Waals surface area contributed by atoms with Crippen molar-refractivity contribution in [3.63, 3.8) is 0 Å². The second-order valence-electron chi connectivity index (χ2n) is 7.04. The van der Waals surface area contributed by atoms with Gasteiger partial charge < -0.3 is 9.47 Å². The second-order valence-corrected chi connectivity index (χ2v) is 8.47. The molecular formula is C19H28O7S. The Morgan fingerprint density at radius 2 is 1.74 bits per heavy atom. The first-order chi connectivity index (χ1) is 12.5. The van der Waals surface area contributed by atoms with Crippen molar-refractivity contribution in [2.75, 3.05) is 13.7 Å². The summed E-state index contributed by atoms with van der Waals surface area (Å²) in [5.41, 5.74) is -0.518. The molecule has 0 aliphatic carbocycles. The standard InChI is InChI=1S/C19H28O7S/c1-6-7-12-26-17(20)16(19(3,4)18(21)25-5)13(2)14-8-10-15(11-9-14)27(22,23)24/h8-11,13,16H,6-7,12H2,1-5H3,(H,22,23,24). The zero-order chi connectivity index (χ0) is 20.8. The number of rotatable bonds is 9. The Labute approximate surface area is 160 Å². The molecule has 0 aliphatic heterocycles. The molecule has 27 heavy (non-hydrogen) atoms. The lowest BCUT2D eigenvalue weighted by molar-refractivity contribution is -0.166. The summed E-state index contributed by atoms with van der Waals surface area (Å²) in [5.74, 6) is -2.34. The lowest BCUT2D eigenvalue weighted by Crippen LogP contribution is -2.42. The summed E-state index contributed by atoms with van der Waals surface area (Å²) in [4.78, 5) is 24.8. The third kappa shape index (κ3) is 5.77. The highest BCUT2D eigenvalue weighted by atomic mass is 32.2. The fourth-order valence-electron chi connectivity index (χ4n) is 3.06. The predicted octanol–water partition coefficient (Wildman–Crippen LogP) is 3.20. The van der Waals surface area contributed by atoms with Gasteiger partial charge >= 0.3 is 11.9 Å². The topological polar surface area (TPSA) is 107 Å². The van der Waals surface area contributed by atoms with Crippen LogP contribution in [0.5, 0.6) is 0 Å². The monoisotopic (exact) mass is 400 g/mol. The van der Waals surface area contributed by atoms with Crippen molar-refractivity contribution < 1.29 is 32.0 Å². The fraction of sp³-hybridized carbons (Fsp3) is 0.579. The first-order valence-electron chi connectivity index (χ1n) is 8.79. The molecule has 0 saturated carbocycles. The molecule has 0 saturated heterocycles. The van der Waals surface area contributed by atoms with Crippen LogP contribution in [0.25, 0.3) is 0 Å². The average molecular weight is 400 g/mol. The molecule has 0 amide bonds. The van der Waals surface area contributed by atoms with Crippen LogP contribution in [0.2, 0.25) is 0 Å². The van der Waals surface area contributed by atoms with Crippen LogP contribution in [0.1, 0.15) is 52.0 Å². The second kappa shape index (κ2) is 9.32. The molecular weight excluding hydrogens is 372 g/mol. The summed E-state index contributed by atoms with van der Waals surface area (Å²) < 4.78 is 41.8. The molecule has 2 atom stereocenters. The van der Waals surface area contributed by atoms with Gasteiger partial charge in [0.05, 0.1) is 29.9 Å². The molecule has 1 rings (SSSR count). The lowest BCUT2D eigenvalue weighted by atomic mass is 9.70. The van der Waals surface area contributed by atoms with Crippen LogP contribution in [0.3, 0.4) is 0 Å². The molecule has 0 spiro atoms. The van der Waals surface area contributed by atoms with E-state index in [1.165, 1.54) is 31.4 Å². The van der Waals surface area contributed by atoms with E-state index in [-0.39, 0.29) is 11.5 Å². The molecule has 0 aliphatic rings. The minimum atomic E-state index is -4.31. The first-order valence-corrected chi connectivity index (χ1v) is 10.2. The van der Waals surface area contributed by atoms with Crippen molar-refractivity contribution in [1.29, 1.82) is 0 Å². The van der Waals surface area contributed by atoms with Crippen LogP contribution in [-0.4, -0.2) is 38.6 Å². The molecule has 152 valence electrons. The van der Waals surface area contributed by atoms with Gasteiger partial charge in [-0.3, -0.25) is 14.1 Å². The van der Waals surface area contributed by atoms with Crippen molar-refractivity contribution in [1.82, 2.24) is 0 Å². The highest BCUT2D eigenvalue weighted by Crippen LogP contribution is 2.40. The van der Waals surface area contributed by atoms with E-state index in [9.17, 15) is 18.0 Å². The number of carbonyl (C=O) groups is 2. The molecule has 0 fully saturated rings. The van der Waals surface area contributed by atoms with Gasteiger partial charge in [-0.05, 0) is 43.9 Å². The highest BCUT2D eigenvalue weighted by Gasteiger charge is 2.46. The van der Waals surface area contributed by atoms with Gasteiger partial charge in [0.1, 0.15) is 0 Å². The maximum atomic E-state index is 12.8. The molecule has 1 N–H and O–H groups in total. The Hall–Kier alpha value is -1.93. The Morgan fingerprint density at radius 1 is 1.19 bits per heavy atom. The van der Waals surface area contributed by atoms with Gasteiger partial charge in [-0.25, -0.2) is 0 Å². The van der Waals surface area contributed by atoms with Gasteiger partial charge in [0.25, 0.3) is 10.1 Å². The number of ether oxygens (including phenoxy) is 2. The van der Waals surface area contributed by atoms with Gasteiger partial charge in [-0.1, -0.05) is 32.4 Å². The fourth-order valence-corrected chi connectivity index (χ4v) is 3.54. The molecule has 8 heteroatoms. The van der Waals surface area contributed by atoms with E-state index >= 15 is 0 Å². The minimum absolute atomic E-state index is 0.243. The number of unbranched alkanes of at least 4 members (excludes halogenated alkanes) is 1. The number of methoxy groups -OCH3 is 1. The number of carbonyl (C=O) groups excluding carboxylic acids is 2. The van der Waals surface area contributed by atoms with Crippen molar-refractivity contribution in [3.05, 3.63) is 29.8 Å². The van der Waals surface area contributed by atoms with E-state index in [2.05, 4.69) is 0 Å². The summed E-state index contributed by atoms with van der Waals surface area (Å²) in [5, 5.41) is 0. The van der Waals surface area contributed by atoms with Crippen molar-refractivity contribution in [2.45, 2.75) is 51.3 Å². The maximum Gasteiger partial charge on any atom is 0.312 e. The van der Waals surface area contributed by atoms with E-state index in [0.717, 1.165) is 6.42 Å². The predicted molar refractivity (Wildman–Crippen MR) is 99.8 cm³/mol. The van der Waals surface area contributed by atoms with Gasteiger partial charge in [-0.15, -0.1) is 0 Å². The van der Waals surface area contributed by atoms with Crippen molar-refractivity contribution in [3.8, 4) is 0 Å². The Balaban J connectivity index is 3.24. The van der Waals surface area contributed by atoms with Gasteiger partial charge in [0, 0.05) is 0 Å². The molecule has 2 unspecified atom stereocenters. The van der Waals surface area contributed by atoms with Crippen molar-refractivity contribution in [2.24, 2.45) is 11.3 Å². The van der Waals surface area contributed by atoms with E-state index in [1.54, 1.807) is 20.8 Å². The Morgan fingerprint density at radius 3 is 2.19 bits per heavy atom. The molecule has 0 aromatic heterocycles. The van der Waals surface area contributed by atoms with Crippen LogP contribution in [0.15, 0.2) is 29.2 Å². The largest absolute Gasteiger partial charge is 0.469 e. The molecule has 0 heterocycles. The highest BCUT2D eigenvalue weighted by molar-refractivity contribution is 7.85. The van der Waals surface area contributed by atoms with Gasteiger partial charge in [-0.2, -0.15) is 8.42 Å². The molecule has 1 aromatic carbocycles. The summed E-state index contributed by atoms with van der Waals surface area (Å²) >= 11 is 0. The van der Waals surface area contributed by atoms with Crippen LogP contribution in [0.4, 0.5) is 0 Å². The number of esters is 2. The van der Waals surface area contributed by atoms with Crippen LogP contribution >= 0.6 is 0 Å². The third-order valence-corrected chi connectivity index (χ3v) is 5.56. The zero-order valence-corrected chi connectivity index (χ0v) is 17.2. The van der Waals surface area contributed by atoms with Crippen LogP contribution in [0, 0.1) is 11.3 Å². The van der Waals surface area contributed by atoms with E-state index in [0.29, 0.717) is 12.0 Å². The SMILES string of the molecule is CCCCOC(=O)C(C(C)c1ccc(S(=O)(=O)O)cc1)C(C)(C)C(=O)OC. The average Bonchev–Trinajstić information content (AvgIpc) is 2.60. The lowest BCUT2D eigenvalue weighted by Gasteiger charge is -2.34. The zero-order valence-electron chi connectivity index (χ0n) is 16.4. The Bertz CT molecular complexity index is 751. The Kier molecular flexibility index (Phi) is 7.98. The minimum Gasteiger partial charge on any atom is -0.469 e. The summed E-state index contributed by atoms with van der Waals surface area (Å²) in [6.45, 7) is 7.24. The van der Waals surface area contributed by atoms with E-state index in [4.69, 9.17) is 14.0 Å². The first kappa shape index (κ1) is 23.1. The third-order valence-electron chi connectivity index (χ3n) is 4.69. The van der Waals surface area contributed by atoms with Crippen molar-refractivity contribution >= 4 is 22.1 Å². The molecule has 7 nitrogen and oxygen atoms in total. The summed E-state index contributed by atoms with van der Waals surface area (Å²) in [6, 6.07) is 5.53. The summed E-state index contributed by atoms with van der Waals surface area (Å²) in [7, 11) is -3.05. The van der Waals surface area contributed by atoms with Crippen LogP contribution in [-0.2, 0) is 29.2 Å². The molecule has 1 aromatic rings. The number of benzene rings is 1. The number of hydrogen-bond donors (Lipinski definition) is 1. The normalized spacial score (nSPS) is 14.3. The summed E-state index contributed by atoms with van der Waals surface area (Å²) in [6.07, 6.45) is 1.58.